The van der Waals surface area contributed by atoms with Crippen LogP contribution in [0.1, 0.15) is 29.0 Å². The number of ether oxygens (including phenoxy) is 1. The quantitative estimate of drug-likeness (QED) is 0.892. The van der Waals surface area contributed by atoms with Crippen LogP contribution in [-0.2, 0) is 4.74 Å². The van der Waals surface area contributed by atoms with Crippen molar-refractivity contribution >= 4 is 0 Å². The van der Waals surface area contributed by atoms with Crippen molar-refractivity contribution < 1.29 is 13.7 Å². The predicted octanol–water partition coefficient (Wildman–Crippen LogP) is 1.92. The van der Waals surface area contributed by atoms with Gasteiger partial charge in [0.1, 0.15) is 17.6 Å². The number of nitrogens with one attached hydrogen (secondary N) is 1. The summed E-state index contributed by atoms with van der Waals surface area (Å²) in [5, 5.41) is 7.26. The number of rotatable bonds is 2. The van der Waals surface area contributed by atoms with E-state index >= 15 is 0 Å². The number of hydrogen-bond acceptors (Lipinski definition) is 6. The third-order valence-corrected chi connectivity index (χ3v) is 3.43. The van der Waals surface area contributed by atoms with Gasteiger partial charge in [0.2, 0.25) is 5.82 Å². The van der Waals surface area contributed by atoms with Crippen molar-refractivity contribution in [2.45, 2.75) is 26.9 Å². The molecule has 0 bridgehead atoms. The fourth-order valence-corrected chi connectivity index (χ4v) is 2.31. The maximum absolute atomic E-state index is 5.61. The molecule has 0 spiro atoms. The van der Waals surface area contributed by atoms with Crippen LogP contribution in [-0.4, -0.2) is 29.8 Å². The van der Waals surface area contributed by atoms with Crippen LogP contribution >= 0.6 is 0 Å². The molecule has 6 heteroatoms. The van der Waals surface area contributed by atoms with Crippen LogP contribution in [0.15, 0.2) is 8.94 Å². The molecular formula is C13H17N3O3. The second-order valence-corrected chi connectivity index (χ2v) is 4.74. The van der Waals surface area contributed by atoms with Gasteiger partial charge in [0.05, 0.1) is 12.2 Å². The molecule has 0 amide bonds. The summed E-state index contributed by atoms with van der Waals surface area (Å²) < 4.78 is 16.5. The van der Waals surface area contributed by atoms with E-state index in [9.17, 15) is 0 Å². The fraction of sp³-hybridized carbons (Fsp3) is 0.538. The Kier molecular flexibility index (Phi) is 3.12. The Bertz CT molecular complexity index is 582. The molecule has 2 aromatic rings. The van der Waals surface area contributed by atoms with Gasteiger partial charge in [-0.05, 0) is 20.8 Å². The Morgan fingerprint density at radius 1 is 1.21 bits per heavy atom. The minimum absolute atomic E-state index is 0.139. The normalized spacial score (nSPS) is 19.8. The first-order valence-electron chi connectivity index (χ1n) is 6.39. The lowest BCUT2D eigenvalue weighted by atomic mass is 10.1. The number of aryl methyl sites for hydroxylation is 2. The first-order valence-corrected chi connectivity index (χ1v) is 6.39. The zero-order valence-corrected chi connectivity index (χ0v) is 11.3. The van der Waals surface area contributed by atoms with Gasteiger partial charge in [0.25, 0.3) is 5.89 Å². The Balaban J connectivity index is 1.92. The van der Waals surface area contributed by atoms with Crippen LogP contribution in [0.3, 0.4) is 0 Å². The van der Waals surface area contributed by atoms with Gasteiger partial charge in [0, 0.05) is 18.7 Å². The molecular weight excluding hydrogens is 246 g/mol. The molecule has 0 saturated carbocycles. The summed E-state index contributed by atoms with van der Waals surface area (Å²) in [6.07, 6.45) is -0.139. The molecule has 1 N–H and O–H groups in total. The molecule has 102 valence electrons. The summed E-state index contributed by atoms with van der Waals surface area (Å²) in [5.74, 6) is 2.76. The lowest BCUT2D eigenvalue weighted by Gasteiger charge is -2.20. The average molecular weight is 263 g/mol. The summed E-state index contributed by atoms with van der Waals surface area (Å²) in [4.78, 5) is 4.44. The van der Waals surface area contributed by atoms with Gasteiger partial charge < -0.3 is 19.0 Å². The van der Waals surface area contributed by atoms with E-state index in [0.717, 1.165) is 29.2 Å². The maximum Gasteiger partial charge on any atom is 0.261 e. The number of furan rings is 1. The number of aromatic nitrogens is 2. The van der Waals surface area contributed by atoms with E-state index in [1.54, 1.807) is 0 Å². The van der Waals surface area contributed by atoms with Crippen molar-refractivity contribution in [3.8, 4) is 11.5 Å². The van der Waals surface area contributed by atoms with Crippen LogP contribution in [0, 0.1) is 20.8 Å². The highest BCUT2D eigenvalue weighted by atomic mass is 16.5. The van der Waals surface area contributed by atoms with Gasteiger partial charge in [-0.1, -0.05) is 5.16 Å². The molecule has 1 unspecified atom stereocenters. The van der Waals surface area contributed by atoms with E-state index in [4.69, 9.17) is 13.7 Å². The molecule has 1 fully saturated rings. The summed E-state index contributed by atoms with van der Waals surface area (Å²) in [6.45, 7) is 8.05. The molecule has 1 saturated heterocycles. The molecule has 0 aliphatic carbocycles. The standard InChI is InChI=1S/C13H17N3O3/c1-7-8(2)18-9(3)11(7)13-15-12(16-19-13)10-6-14-4-5-17-10/h10,14H,4-6H2,1-3H3. The lowest BCUT2D eigenvalue weighted by Crippen LogP contribution is -2.33. The van der Waals surface area contributed by atoms with E-state index in [1.807, 2.05) is 20.8 Å². The Morgan fingerprint density at radius 2 is 2.05 bits per heavy atom. The zero-order valence-electron chi connectivity index (χ0n) is 11.3. The monoisotopic (exact) mass is 263 g/mol. The van der Waals surface area contributed by atoms with Crippen LogP contribution in [0.25, 0.3) is 11.5 Å². The van der Waals surface area contributed by atoms with Crippen LogP contribution in [0.5, 0.6) is 0 Å². The third kappa shape index (κ3) is 2.17. The van der Waals surface area contributed by atoms with Gasteiger partial charge >= 0.3 is 0 Å². The van der Waals surface area contributed by atoms with Gasteiger partial charge in [-0.15, -0.1) is 0 Å². The highest BCUT2D eigenvalue weighted by Gasteiger charge is 2.24. The summed E-state index contributed by atoms with van der Waals surface area (Å²) in [5.41, 5.74) is 1.93. The first kappa shape index (κ1) is 12.4. The van der Waals surface area contributed by atoms with Gasteiger partial charge in [-0.2, -0.15) is 4.98 Å². The number of morpholine rings is 1. The Hall–Kier alpha value is -1.66. The van der Waals surface area contributed by atoms with E-state index in [2.05, 4.69) is 15.5 Å². The molecule has 2 aromatic heterocycles. The van der Waals surface area contributed by atoms with Crippen molar-refractivity contribution in [2.75, 3.05) is 19.7 Å². The number of hydrogen-bond donors (Lipinski definition) is 1. The summed E-state index contributed by atoms with van der Waals surface area (Å²) in [6, 6.07) is 0. The highest BCUT2D eigenvalue weighted by molar-refractivity contribution is 5.61. The average Bonchev–Trinajstić information content (AvgIpc) is 2.97. The highest BCUT2D eigenvalue weighted by Crippen LogP contribution is 2.31. The fourth-order valence-electron chi connectivity index (χ4n) is 2.31. The topological polar surface area (TPSA) is 73.3 Å². The van der Waals surface area contributed by atoms with Gasteiger partial charge in [-0.25, -0.2) is 0 Å². The van der Waals surface area contributed by atoms with Crippen molar-refractivity contribution in [3.05, 3.63) is 22.9 Å². The lowest BCUT2D eigenvalue weighted by molar-refractivity contribution is 0.0208. The molecule has 1 aliphatic rings. The second-order valence-electron chi connectivity index (χ2n) is 4.74. The van der Waals surface area contributed by atoms with Crippen LogP contribution < -0.4 is 5.32 Å². The first-order chi connectivity index (χ1) is 9.16. The van der Waals surface area contributed by atoms with E-state index < -0.39 is 0 Å². The minimum Gasteiger partial charge on any atom is -0.466 e. The number of nitrogens with zero attached hydrogens (tertiary/aromatic N) is 2. The molecule has 19 heavy (non-hydrogen) atoms. The smallest absolute Gasteiger partial charge is 0.261 e. The molecule has 3 rings (SSSR count). The molecule has 0 radical (unpaired) electrons. The largest absolute Gasteiger partial charge is 0.466 e. The third-order valence-electron chi connectivity index (χ3n) is 3.43. The molecule has 1 aliphatic heterocycles. The van der Waals surface area contributed by atoms with Crippen molar-refractivity contribution in [1.29, 1.82) is 0 Å². The summed E-state index contributed by atoms with van der Waals surface area (Å²) >= 11 is 0. The summed E-state index contributed by atoms with van der Waals surface area (Å²) in [7, 11) is 0. The predicted molar refractivity (Wildman–Crippen MR) is 67.8 cm³/mol. The van der Waals surface area contributed by atoms with Gasteiger partial charge in [-0.3, -0.25) is 0 Å². The molecule has 0 aromatic carbocycles. The Morgan fingerprint density at radius 3 is 2.68 bits per heavy atom. The van der Waals surface area contributed by atoms with Crippen LogP contribution in [0.2, 0.25) is 0 Å². The maximum atomic E-state index is 5.61. The molecule has 3 heterocycles. The second kappa shape index (κ2) is 4.79. The van der Waals surface area contributed by atoms with Crippen LogP contribution in [0.4, 0.5) is 0 Å². The van der Waals surface area contributed by atoms with E-state index in [1.165, 1.54) is 0 Å². The van der Waals surface area contributed by atoms with E-state index in [0.29, 0.717) is 24.9 Å². The van der Waals surface area contributed by atoms with Gasteiger partial charge in [0.15, 0.2) is 0 Å². The zero-order chi connectivity index (χ0) is 13.4. The minimum atomic E-state index is -0.139. The SMILES string of the molecule is Cc1oc(C)c(-c2nc(C3CNCCO3)no2)c1C. The van der Waals surface area contributed by atoms with Crippen molar-refractivity contribution in [3.63, 3.8) is 0 Å². The Labute approximate surface area is 111 Å². The molecule has 6 nitrogen and oxygen atoms in total. The molecule has 1 atom stereocenters. The van der Waals surface area contributed by atoms with Crippen molar-refractivity contribution in [1.82, 2.24) is 15.5 Å². The van der Waals surface area contributed by atoms with Crippen molar-refractivity contribution in [2.24, 2.45) is 0 Å². The van der Waals surface area contributed by atoms with E-state index in [-0.39, 0.29) is 6.10 Å².